The maximum atomic E-state index is 11.4. The number of nitrogens with zero attached hydrogens (tertiary/aromatic N) is 3. The Labute approximate surface area is 143 Å². The molecule has 0 saturated heterocycles. The number of aromatic carboxylic acids is 1. The zero-order valence-electron chi connectivity index (χ0n) is 13.9. The molecule has 0 aliphatic carbocycles. The van der Waals surface area contributed by atoms with Crippen molar-refractivity contribution in [2.24, 2.45) is 0 Å². The number of anilines is 3. The molecule has 1 aromatic heterocycles. The van der Waals surface area contributed by atoms with Gasteiger partial charge in [-0.25, -0.2) is 20.2 Å². The fourth-order valence-electron chi connectivity index (χ4n) is 1.81. The summed E-state index contributed by atoms with van der Waals surface area (Å²) in [4.78, 5) is 29.5. The minimum Gasteiger partial charge on any atom is -0.478 e. The zero-order chi connectivity index (χ0) is 18.6. The van der Waals surface area contributed by atoms with Crippen molar-refractivity contribution < 1.29 is 14.8 Å². The van der Waals surface area contributed by atoms with Crippen LogP contribution in [-0.2, 0) is 0 Å². The third-order valence-corrected chi connectivity index (χ3v) is 2.96. The fraction of sp³-hybridized carbons (Fsp3) is 0.267. The molecule has 0 unspecified atom stereocenters. The van der Waals surface area contributed by atoms with Gasteiger partial charge in [-0.15, -0.1) is 0 Å². The maximum Gasteiger partial charge on any atom is 0.354 e. The highest BCUT2D eigenvalue weighted by Gasteiger charge is 2.24. The minimum atomic E-state index is -1.06. The molecule has 0 aliphatic rings. The lowest BCUT2D eigenvalue weighted by Crippen LogP contribution is -2.40. The Bertz CT molecular complexity index is 786. The summed E-state index contributed by atoms with van der Waals surface area (Å²) >= 11 is 0. The molecule has 0 radical (unpaired) electrons. The Morgan fingerprint density at radius 3 is 2.28 bits per heavy atom. The largest absolute Gasteiger partial charge is 0.478 e. The van der Waals surface area contributed by atoms with E-state index in [2.05, 4.69) is 26.1 Å². The number of nitro groups is 1. The van der Waals surface area contributed by atoms with Crippen LogP contribution in [0.5, 0.6) is 0 Å². The van der Waals surface area contributed by atoms with Crippen molar-refractivity contribution in [1.82, 2.24) is 15.4 Å². The number of nitrogens with one attached hydrogen (secondary N) is 3. The van der Waals surface area contributed by atoms with Crippen LogP contribution in [0.25, 0.3) is 0 Å². The number of rotatable bonds is 6. The highest BCUT2D eigenvalue weighted by molar-refractivity contribution is 5.88. The van der Waals surface area contributed by atoms with Crippen LogP contribution in [0.1, 0.15) is 31.1 Å². The predicted molar refractivity (Wildman–Crippen MR) is 91.9 cm³/mol. The predicted octanol–water partition coefficient (Wildman–Crippen LogP) is 2.54. The number of aromatic nitrogens is 2. The lowest BCUT2D eigenvalue weighted by molar-refractivity contribution is -0.383. The molecule has 10 nitrogen and oxygen atoms in total. The van der Waals surface area contributed by atoms with Gasteiger partial charge in [-0.05, 0) is 45.0 Å². The standard InChI is InChI=1S/C15H18N6O4/c1-15(2,3)20-19-13-11(21(24)25)12(16-8-17-13)18-10-6-4-9(5-7-10)14(22)23/h4-8,20H,1-3H3,(H,22,23)(H2,16,17,18,19). The zero-order valence-corrected chi connectivity index (χ0v) is 13.9. The quantitative estimate of drug-likeness (QED) is 0.458. The van der Waals surface area contributed by atoms with Gasteiger partial charge < -0.3 is 10.4 Å². The lowest BCUT2D eigenvalue weighted by Gasteiger charge is -2.21. The normalized spacial score (nSPS) is 11.0. The van der Waals surface area contributed by atoms with Gasteiger partial charge in [-0.1, -0.05) is 0 Å². The van der Waals surface area contributed by atoms with Gasteiger partial charge in [0.2, 0.25) is 11.6 Å². The molecule has 1 aromatic carbocycles. The van der Waals surface area contributed by atoms with E-state index in [4.69, 9.17) is 5.11 Å². The van der Waals surface area contributed by atoms with E-state index in [0.717, 1.165) is 0 Å². The molecule has 4 N–H and O–H groups in total. The molecule has 0 saturated carbocycles. The smallest absolute Gasteiger partial charge is 0.354 e. The van der Waals surface area contributed by atoms with Crippen LogP contribution < -0.4 is 16.2 Å². The van der Waals surface area contributed by atoms with E-state index in [1.165, 1.54) is 30.6 Å². The first-order valence-corrected chi connectivity index (χ1v) is 7.30. The summed E-state index contributed by atoms with van der Waals surface area (Å²) in [6.45, 7) is 5.66. The highest BCUT2D eigenvalue weighted by atomic mass is 16.6. The molecule has 0 spiro atoms. The number of hydrazine groups is 1. The van der Waals surface area contributed by atoms with Gasteiger partial charge in [0.25, 0.3) is 0 Å². The summed E-state index contributed by atoms with van der Waals surface area (Å²) < 4.78 is 0. The van der Waals surface area contributed by atoms with Crippen molar-refractivity contribution >= 4 is 29.0 Å². The van der Waals surface area contributed by atoms with Gasteiger partial charge in [0, 0.05) is 11.2 Å². The first-order valence-electron chi connectivity index (χ1n) is 7.30. The highest BCUT2D eigenvalue weighted by Crippen LogP contribution is 2.30. The van der Waals surface area contributed by atoms with Crippen LogP contribution in [0.15, 0.2) is 30.6 Å². The van der Waals surface area contributed by atoms with Gasteiger partial charge in [0.1, 0.15) is 6.33 Å². The SMILES string of the molecule is CC(C)(C)NNc1ncnc(Nc2ccc(C(=O)O)cc2)c1[N+](=O)[O-]. The van der Waals surface area contributed by atoms with E-state index in [-0.39, 0.29) is 28.4 Å². The Morgan fingerprint density at radius 1 is 1.16 bits per heavy atom. The van der Waals surface area contributed by atoms with Gasteiger partial charge >= 0.3 is 11.7 Å². The minimum absolute atomic E-state index is 0.0127. The lowest BCUT2D eigenvalue weighted by atomic mass is 10.1. The number of carboxylic acid groups (broad SMARTS) is 1. The van der Waals surface area contributed by atoms with Gasteiger partial charge in [0.05, 0.1) is 10.5 Å². The molecule has 25 heavy (non-hydrogen) atoms. The number of carbonyl (C=O) groups is 1. The average Bonchev–Trinajstić information content (AvgIpc) is 2.52. The first-order chi connectivity index (χ1) is 11.7. The van der Waals surface area contributed by atoms with E-state index in [1.54, 1.807) is 0 Å². The number of hydrogen-bond donors (Lipinski definition) is 4. The number of carboxylic acids is 1. The molecule has 10 heteroatoms. The van der Waals surface area contributed by atoms with E-state index in [0.29, 0.717) is 5.69 Å². The van der Waals surface area contributed by atoms with Gasteiger partial charge in [0.15, 0.2) is 0 Å². The van der Waals surface area contributed by atoms with Crippen LogP contribution in [0.3, 0.4) is 0 Å². The maximum absolute atomic E-state index is 11.4. The number of hydrogen-bond acceptors (Lipinski definition) is 8. The molecule has 2 rings (SSSR count). The second kappa shape index (κ2) is 7.09. The second-order valence-electron chi connectivity index (χ2n) is 6.18. The summed E-state index contributed by atoms with van der Waals surface area (Å²) in [5.41, 5.74) is 5.54. The third kappa shape index (κ3) is 4.85. The van der Waals surface area contributed by atoms with Crippen molar-refractivity contribution in [3.05, 3.63) is 46.3 Å². The van der Waals surface area contributed by atoms with Crippen molar-refractivity contribution in [2.45, 2.75) is 26.3 Å². The Balaban J connectivity index is 2.30. The molecule has 1 heterocycles. The average molecular weight is 346 g/mol. The van der Waals surface area contributed by atoms with Crippen molar-refractivity contribution in [1.29, 1.82) is 0 Å². The van der Waals surface area contributed by atoms with Crippen LogP contribution in [0, 0.1) is 10.1 Å². The third-order valence-electron chi connectivity index (χ3n) is 2.96. The van der Waals surface area contributed by atoms with E-state index in [1.807, 2.05) is 20.8 Å². The first kappa shape index (κ1) is 18.1. The molecule has 0 amide bonds. The second-order valence-corrected chi connectivity index (χ2v) is 6.18. The Hall–Kier alpha value is -3.27. The van der Waals surface area contributed by atoms with Crippen LogP contribution in [0.2, 0.25) is 0 Å². The Morgan fingerprint density at radius 2 is 1.76 bits per heavy atom. The summed E-state index contributed by atoms with van der Waals surface area (Å²) in [5, 5.41) is 23.1. The molecule has 0 fully saturated rings. The van der Waals surface area contributed by atoms with Crippen molar-refractivity contribution in [3.63, 3.8) is 0 Å². The monoisotopic (exact) mass is 346 g/mol. The summed E-state index contributed by atoms with van der Waals surface area (Å²) in [7, 11) is 0. The molecule has 0 atom stereocenters. The van der Waals surface area contributed by atoms with Crippen LogP contribution in [0.4, 0.5) is 23.0 Å². The topological polar surface area (TPSA) is 142 Å². The van der Waals surface area contributed by atoms with Gasteiger partial charge in [-0.2, -0.15) is 0 Å². The van der Waals surface area contributed by atoms with E-state index < -0.39 is 10.9 Å². The van der Waals surface area contributed by atoms with Crippen LogP contribution >= 0.6 is 0 Å². The molecular weight excluding hydrogens is 328 g/mol. The fourth-order valence-corrected chi connectivity index (χ4v) is 1.81. The van der Waals surface area contributed by atoms with Crippen molar-refractivity contribution in [2.75, 3.05) is 10.7 Å². The summed E-state index contributed by atoms with van der Waals surface area (Å²) in [5.74, 6) is -1.06. The van der Waals surface area contributed by atoms with Crippen molar-refractivity contribution in [3.8, 4) is 0 Å². The van der Waals surface area contributed by atoms with E-state index in [9.17, 15) is 14.9 Å². The molecule has 0 bridgehead atoms. The number of benzene rings is 1. The van der Waals surface area contributed by atoms with Gasteiger partial charge in [-0.3, -0.25) is 15.5 Å². The van der Waals surface area contributed by atoms with E-state index >= 15 is 0 Å². The molecule has 132 valence electrons. The summed E-state index contributed by atoms with van der Waals surface area (Å²) in [6, 6.07) is 5.77. The molecule has 0 aliphatic heterocycles. The molecule has 2 aromatic rings. The molecular formula is C15H18N6O4. The van der Waals surface area contributed by atoms with Crippen LogP contribution in [-0.4, -0.2) is 31.5 Å². The Kier molecular flexibility index (Phi) is 5.13. The summed E-state index contributed by atoms with van der Waals surface area (Å²) in [6.07, 6.45) is 1.19.